The van der Waals surface area contributed by atoms with Crippen LogP contribution in [0.5, 0.6) is 5.75 Å². The molecule has 5 nitrogen and oxygen atoms in total. The second-order valence-corrected chi connectivity index (χ2v) is 3.97. The molecule has 0 saturated carbocycles. The lowest BCUT2D eigenvalue weighted by atomic mass is 10.1. The standard InChI is InChI=1S/C10H13BrN4O/c1-6-3-9(16-2)7(4-8(6)11)5-14-15-10(12)13/h3-5H,1-2H3,(H4,12,13,15). The summed E-state index contributed by atoms with van der Waals surface area (Å²) in [5.74, 6) is 0.636. The molecular formula is C10H13BrN4O. The van der Waals surface area contributed by atoms with E-state index in [4.69, 9.17) is 16.2 Å². The van der Waals surface area contributed by atoms with Crippen molar-refractivity contribution in [2.24, 2.45) is 21.7 Å². The fraction of sp³-hybridized carbons (Fsp3) is 0.200. The molecule has 1 rings (SSSR count). The highest BCUT2D eigenvalue weighted by Crippen LogP contribution is 2.25. The van der Waals surface area contributed by atoms with Gasteiger partial charge in [0.15, 0.2) is 0 Å². The number of nitrogens with two attached hydrogens (primary N) is 2. The zero-order chi connectivity index (χ0) is 12.1. The average Bonchev–Trinajstić information content (AvgIpc) is 2.22. The molecule has 6 heteroatoms. The van der Waals surface area contributed by atoms with Gasteiger partial charge in [-0.25, -0.2) is 0 Å². The van der Waals surface area contributed by atoms with Gasteiger partial charge in [0, 0.05) is 10.0 Å². The largest absolute Gasteiger partial charge is 0.496 e. The molecule has 0 radical (unpaired) electrons. The number of ether oxygens (including phenoxy) is 1. The van der Waals surface area contributed by atoms with E-state index in [0.29, 0.717) is 0 Å². The Hall–Kier alpha value is -1.56. The minimum Gasteiger partial charge on any atom is -0.496 e. The zero-order valence-electron chi connectivity index (χ0n) is 9.07. The highest BCUT2D eigenvalue weighted by Gasteiger charge is 2.04. The van der Waals surface area contributed by atoms with Crippen molar-refractivity contribution < 1.29 is 4.74 Å². The Bertz CT molecular complexity index is 439. The van der Waals surface area contributed by atoms with E-state index in [1.807, 2.05) is 19.1 Å². The van der Waals surface area contributed by atoms with Gasteiger partial charge in [0.2, 0.25) is 5.96 Å². The van der Waals surface area contributed by atoms with Crippen LogP contribution in [0.4, 0.5) is 0 Å². The molecule has 0 aromatic heterocycles. The van der Waals surface area contributed by atoms with Crippen molar-refractivity contribution in [2.75, 3.05) is 7.11 Å². The van der Waals surface area contributed by atoms with Crippen LogP contribution in [0.1, 0.15) is 11.1 Å². The number of hydrogen-bond acceptors (Lipinski definition) is 3. The predicted octanol–water partition coefficient (Wildman–Crippen LogP) is 1.37. The van der Waals surface area contributed by atoms with Gasteiger partial charge < -0.3 is 16.2 Å². The Morgan fingerprint density at radius 3 is 2.69 bits per heavy atom. The van der Waals surface area contributed by atoms with E-state index in [0.717, 1.165) is 21.3 Å². The molecule has 0 aliphatic heterocycles. The van der Waals surface area contributed by atoms with Crippen molar-refractivity contribution in [1.29, 1.82) is 0 Å². The summed E-state index contributed by atoms with van der Waals surface area (Å²) in [6.07, 6.45) is 1.53. The van der Waals surface area contributed by atoms with Crippen molar-refractivity contribution in [3.05, 3.63) is 27.7 Å². The van der Waals surface area contributed by atoms with Gasteiger partial charge in [-0.2, -0.15) is 5.10 Å². The number of guanidine groups is 1. The van der Waals surface area contributed by atoms with Crippen molar-refractivity contribution in [1.82, 2.24) is 0 Å². The molecule has 4 N–H and O–H groups in total. The van der Waals surface area contributed by atoms with Gasteiger partial charge in [0.05, 0.1) is 13.3 Å². The number of methoxy groups -OCH3 is 1. The van der Waals surface area contributed by atoms with Crippen LogP contribution in [0.25, 0.3) is 0 Å². The number of benzene rings is 1. The smallest absolute Gasteiger partial charge is 0.211 e. The van der Waals surface area contributed by atoms with Gasteiger partial charge in [-0.15, -0.1) is 5.10 Å². The van der Waals surface area contributed by atoms with E-state index in [1.54, 1.807) is 7.11 Å². The Morgan fingerprint density at radius 2 is 2.12 bits per heavy atom. The highest BCUT2D eigenvalue weighted by atomic mass is 79.9. The summed E-state index contributed by atoms with van der Waals surface area (Å²) < 4.78 is 6.19. The monoisotopic (exact) mass is 284 g/mol. The third-order valence-electron chi connectivity index (χ3n) is 1.88. The number of halogens is 1. The van der Waals surface area contributed by atoms with Gasteiger partial charge in [0.1, 0.15) is 5.75 Å². The van der Waals surface area contributed by atoms with Crippen LogP contribution in [0, 0.1) is 6.92 Å². The predicted molar refractivity (Wildman–Crippen MR) is 68.8 cm³/mol. The number of aryl methyl sites for hydroxylation is 1. The topological polar surface area (TPSA) is 86.0 Å². The van der Waals surface area contributed by atoms with E-state index in [9.17, 15) is 0 Å². The first-order valence-electron chi connectivity index (χ1n) is 4.50. The molecule has 0 spiro atoms. The SMILES string of the molecule is COc1cc(C)c(Br)cc1C=NN=C(N)N. The maximum absolute atomic E-state index is 5.22. The minimum absolute atomic E-state index is 0.0820. The molecule has 0 heterocycles. The highest BCUT2D eigenvalue weighted by molar-refractivity contribution is 9.10. The maximum Gasteiger partial charge on any atom is 0.211 e. The van der Waals surface area contributed by atoms with Crippen LogP contribution >= 0.6 is 15.9 Å². The molecule has 0 atom stereocenters. The summed E-state index contributed by atoms with van der Waals surface area (Å²) in [6, 6.07) is 3.79. The van der Waals surface area contributed by atoms with Crippen LogP contribution in [0.2, 0.25) is 0 Å². The molecule has 0 aliphatic carbocycles. The normalized spacial score (nSPS) is 10.4. The maximum atomic E-state index is 5.22. The Morgan fingerprint density at radius 1 is 1.44 bits per heavy atom. The van der Waals surface area contributed by atoms with Crippen LogP contribution in [-0.2, 0) is 0 Å². The fourth-order valence-corrected chi connectivity index (χ4v) is 1.47. The molecule has 1 aromatic rings. The van der Waals surface area contributed by atoms with E-state index in [-0.39, 0.29) is 5.96 Å². The lowest BCUT2D eigenvalue weighted by Crippen LogP contribution is -2.21. The molecule has 0 fully saturated rings. The second-order valence-electron chi connectivity index (χ2n) is 3.11. The van der Waals surface area contributed by atoms with Gasteiger partial charge in [0.25, 0.3) is 0 Å². The first-order chi connectivity index (χ1) is 7.54. The molecule has 0 aliphatic rings. The van der Waals surface area contributed by atoms with Gasteiger partial charge in [-0.1, -0.05) is 15.9 Å². The lowest BCUT2D eigenvalue weighted by Gasteiger charge is -2.06. The summed E-state index contributed by atoms with van der Waals surface area (Å²) in [7, 11) is 1.60. The number of nitrogens with zero attached hydrogens (tertiary/aromatic N) is 2. The van der Waals surface area contributed by atoms with Gasteiger partial charge in [-0.05, 0) is 24.6 Å². The third kappa shape index (κ3) is 3.23. The molecule has 1 aromatic carbocycles. The van der Waals surface area contributed by atoms with Crippen LogP contribution in [-0.4, -0.2) is 19.3 Å². The van der Waals surface area contributed by atoms with E-state index in [2.05, 4.69) is 26.1 Å². The van der Waals surface area contributed by atoms with Crippen molar-refractivity contribution in [2.45, 2.75) is 6.92 Å². The lowest BCUT2D eigenvalue weighted by molar-refractivity contribution is 0.413. The summed E-state index contributed by atoms with van der Waals surface area (Å²) in [4.78, 5) is 0. The van der Waals surface area contributed by atoms with Gasteiger partial charge in [-0.3, -0.25) is 0 Å². The molecular weight excluding hydrogens is 272 g/mol. The van der Waals surface area contributed by atoms with E-state index < -0.39 is 0 Å². The average molecular weight is 285 g/mol. The first kappa shape index (κ1) is 12.5. The minimum atomic E-state index is -0.0820. The third-order valence-corrected chi connectivity index (χ3v) is 2.74. The number of rotatable bonds is 3. The van der Waals surface area contributed by atoms with Crippen LogP contribution in [0.15, 0.2) is 26.8 Å². The van der Waals surface area contributed by atoms with Crippen LogP contribution < -0.4 is 16.2 Å². The Balaban J connectivity index is 3.08. The van der Waals surface area contributed by atoms with E-state index >= 15 is 0 Å². The fourth-order valence-electron chi connectivity index (χ4n) is 1.11. The summed E-state index contributed by atoms with van der Waals surface area (Å²) in [5, 5.41) is 7.25. The van der Waals surface area contributed by atoms with Crippen LogP contribution in [0.3, 0.4) is 0 Å². The Labute approximate surface area is 102 Å². The Kier molecular flexibility index (Phi) is 4.30. The summed E-state index contributed by atoms with van der Waals surface area (Å²) >= 11 is 3.43. The summed E-state index contributed by atoms with van der Waals surface area (Å²) in [5.41, 5.74) is 12.2. The quantitative estimate of drug-likeness (QED) is 0.499. The van der Waals surface area contributed by atoms with Crippen molar-refractivity contribution in [3.63, 3.8) is 0 Å². The van der Waals surface area contributed by atoms with Crippen molar-refractivity contribution in [3.8, 4) is 5.75 Å². The van der Waals surface area contributed by atoms with Gasteiger partial charge >= 0.3 is 0 Å². The molecule has 0 bridgehead atoms. The number of hydrogen-bond donors (Lipinski definition) is 2. The molecule has 0 unspecified atom stereocenters. The summed E-state index contributed by atoms with van der Waals surface area (Å²) in [6.45, 7) is 1.98. The molecule has 86 valence electrons. The zero-order valence-corrected chi connectivity index (χ0v) is 10.7. The van der Waals surface area contributed by atoms with Crippen molar-refractivity contribution >= 4 is 28.1 Å². The van der Waals surface area contributed by atoms with E-state index in [1.165, 1.54) is 6.21 Å². The molecule has 0 saturated heterocycles. The second kappa shape index (κ2) is 5.50. The molecule has 16 heavy (non-hydrogen) atoms. The molecule has 0 amide bonds. The first-order valence-corrected chi connectivity index (χ1v) is 5.30.